The average molecular weight is 518 g/mol. The monoisotopic (exact) mass is 516 g/mol. The molecule has 1 amide bonds. The number of hydrogen-bond donors (Lipinski definition) is 2. The number of halogens is 2. The maximum atomic E-state index is 12.1. The maximum Gasteiger partial charge on any atom is 0.273 e. The van der Waals surface area contributed by atoms with Gasteiger partial charge >= 0.3 is 0 Å². The highest BCUT2D eigenvalue weighted by Gasteiger charge is 2.16. The van der Waals surface area contributed by atoms with Crippen LogP contribution in [0.1, 0.15) is 22.8 Å². The summed E-state index contributed by atoms with van der Waals surface area (Å²) in [5.74, 6) is -0.0214. The quantitative estimate of drug-likeness (QED) is 0.343. The molecule has 1 atom stereocenters. The van der Waals surface area contributed by atoms with Crippen molar-refractivity contribution in [3.8, 4) is 5.75 Å². The molecule has 29 heavy (non-hydrogen) atoms. The molecule has 0 bridgehead atoms. The van der Waals surface area contributed by atoms with E-state index < -0.39 is 12.0 Å². The van der Waals surface area contributed by atoms with E-state index in [9.17, 15) is 9.90 Å². The lowest BCUT2D eigenvalue weighted by Gasteiger charge is -2.12. The maximum absolute atomic E-state index is 12.1. The van der Waals surface area contributed by atoms with Gasteiger partial charge in [-0.05, 0) is 39.2 Å². The van der Waals surface area contributed by atoms with Gasteiger partial charge in [-0.1, -0.05) is 76.6 Å². The van der Waals surface area contributed by atoms with Crippen LogP contribution < -0.4 is 10.2 Å². The predicted molar refractivity (Wildman–Crippen MR) is 120 cm³/mol. The Labute approximate surface area is 185 Å². The molecule has 0 aliphatic rings. The van der Waals surface area contributed by atoms with Crippen LogP contribution in [0.5, 0.6) is 5.75 Å². The van der Waals surface area contributed by atoms with Gasteiger partial charge in [-0.25, -0.2) is 5.43 Å². The van der Waals surface area contributed by atoms with Crippen LogP contribution in [0.3, 0.4) is 0 Å². The molecule has 0 radical (unpaired) electrons. The number of nitrogens with zero attached hydrogens (tertiary/aromatic N) is 1. The summed E-state index contributed by atoms with van der Waals surface area (Å²) in [4.78, 5) is 12.1. The highest BCUT2D eigenvalue weighted by molar-refractivity contribution is 9.11. The lowest BCUT2D eigenvalue weighted by molar-refractivity contribution is -0.129. The normalized spacial score (nSPS) is 12.0. The van der Waals surface area contributed by atoms with Crippen LogP contribution in [0.15, 0.2) is 86.8 Å². The van der Waals surface area contributed by atoms with Crippen molar-refractivity contribution in [1.29, 1.82) is 0 Å². The predicted octanol–water partition coefficient (Wildman–Crippen LogP) is 4.97. The summed E-state index contributed by atoms with van der Waals surface area (Å²) in [6.45, 7) is 0.390. The zero-order valence-corrected chi connectivity index (χ0v) is 18.4. The van der Waals surface area contributed by atoms with Crippen LogP contribution in [0.2, 0.25) is 0 Å². The van der Waals surface area contributed by atoms with Gasteiger partial charge in [0.15, 0.2) is 6.10 Å². The van der Waals surface area contributed by atoms with Gasteiger partial charge in [0.25, 0.3) is 5.91 Å². The van der Waals surface area contributed by atoms with Crippen LogP contribution in [0.25, 0.3) is 0 Å². The SMILES string of the molecule is O=C(N/N=C/c1cc(Br)cc(Br)c1OCc1ccccc1)C(O)c1ccccc1. The van der Waals surface area contributed by atoms with Crippen molar-refractivity contribution in [2.45, 2.75) is 12.7 Å². The number of hydrogen-bond acceptors (Lipinski definition) is 4. The van der Waals surface area contributed by atoms with Crippen molar-refractivity contribution in [3.05, 3.63) is 98.4 Å². The molecule has 0 fully saturated rings. The second-order valence-corrected chi connectivity index (χ2v) is 7.90. The second kappa shape index (κ2) is 10.3. The fourth-order valence-corrected chi connectivity index (χ4v) is 3.94. The lowest BCUT2D eigenvalue weighted by atomic mass is 10.1. The molecule has 0 heterocycles. The Kier molecular flexibility index (Phi) is 7.57. The largest absolute Gasteiger partial charge is 0.487 e. The second-order valence-electron chi connectivity index (χ2n) is 6.13. The third-order valence-corrected chi connectivity index (χ3v) is 5.05. The van der Waals surface area contributed by atoms with E-state index in [4.69, 9.17) is 4.74 Å². The Morgan fingerprint density at radius 1 is 1.07 bits per heavy atom. The Morgan fingerprint density at radius 3 is 2.41 bits per heavy atom. The topological polar surface area (TPSA) is 70.9 Å². The molecule has 0 saturated heterocycles. The number of carbonyl (C=O) groups is 1. The summed E-state index contributed by atoms with van der Waals surface area (Å²) in [6, 6.07) is 22.2. The Hall–Kier alpha value is -2.48. The number of carbonyl (C=O) groups excluding carboxylic acids is 1. The molecule has 0 saturated carbocycles. The zero-order valence-electron chi connectivity index (χ0n) is 15.3. The van der Waals surface area contributed by atoms with Crippen molar-refractivity contribution >= 4 is 44.0 Å². The number of nitrogens with one attached hydrogen (secondary N) is 1. The van der Waals surface area contributed by atoms with E-state index in [1.807, 2.05) is 48.5 Å². The molecule has 7 heteroatoms. The molecule has 0 aliphatic heterocycles. The van der Waals surface area contributed by atoms with E-state index in [2.05, 4.69) is 42.4 Å². The third kappa shape index (κ3) is 6.00. The highest BCUT2D eigenvalue weighted by atomic mass is 79.9. The minimum Gasteiger partial charge on any atom is -0.487 e. The van der Waals surface area contributed by atoms with E-state index in [1.165, 1.54) is 6.21 Å². The van der Waals surface area contributed by atoms with Crippen LogP contribution in [-0.2, 0) is 11.4 Å². The first kappa shape index (κ1) is 21.2. The molecular weight excluding hydrogens is 500 g/mol. The van der Waals surface area contributed by atoms with Crippen LogP contribution in [0, 0.1) is 0 Å². The van der Waals surface area contributed by atoms with E-state index in [-0.39, 0.29) is 0 Å². The van der Waals surface area contributed by atoms with Crippen molar-refractivity contribution in [1.82, 2.24) is 5.43 Å². The standard InChI is InChI=1S/C22H18Br2N2O3/c23-18-11-17(13-25-26-22(28)20(27)16-9-5-2-6-10-16)21(19(24)12-18)29-14-15-7-3-1-4-8-15/h1-13,20,27H,14H2,(H,26,28)/b25-13+. The number of ether oxygens (including phenoxy) is 1. The Morgan fingerprint density at radius 2 is 1.72 bits per heavy atom. The molecule has 3 aromatic carbocycles. The molecule has 0 aromatic heterocycles. The summed E-state index contributed by atoms with van der Waals surface area (Å²) in [6.07, 6.45) is 0.183. The molecule has 148 valence electrons. The average Bonchev–Trinajstić information content (AvgIpc) is 2.73. The van der Waals surface area contributed by atoms with Gasteiger partial charge in [0.05, 0.1) is 10.7 Å². The zero-order chi connectivity index (χ0) is 20.6. The summed E-state index contributed by atoms with van der Waals surface area (Å²) in [7, 11) is 0. The fourth-order valence-electron chi connectivity index (χ4n) is 2.57. The summed E-state index contributed by atoms with van der Waals surface area (Å²) >= 11 is 6.95. The highest BCUT2D eigenvalue weighted by Crippen LogP contribution is 2.32. The van der Waals surface area contributed by atoms with E-state index in [1.54, 1.807) is 24.3 Å². The number of rotatable bonds is 7. The number of aliphatic hydroxyl groups is 1. The first-order valence-electron chi connectivity index (χ1n) is 8.76. The molecule has 5 nitrogen and oxygen atoms in total. The van der Waals surface area contributed by atoms with Gasteiger partial charge in [0.1, 0.15) is 12.4 Å². The lowest BCUT2D eigenvalue weighted by Crippen LogP contribution is -2.25. The van der Waals surface area contributed by atoms with Crippen LogP contribution in [0.4, 0.5) is 0 Å². The Balaban J connectivity index is 1.71. The number of amides is 1. The minimum absolute atomic E-state index is 0.390. The van der Waals surface area contributed by atoms with E-state index in [0.717, 1.165) is 14.5 Å². The molecular formula is C22H18Br2N2O3. The first-order chi connectivity index (χ1) is 14.0. The van der Waals surface area contributed by atoms with Crippen LogP contribution in [-0.4, -0.2) is 17.2 Å². The van der Waals surface area contributed by atoms with Gasteiger partial charge < -0.3 is 9.84 Å². The van der Waals surface area contributed by atoms with Crippen molar-refractivity contribution < 1.29 is 14.6 Å². The van der Waals surface area contributed by atoms with Crippen molar-refractivity contribution in [2.75, 3.05) is 0 Å². The number of aliphatic hydroxyl groups excluding tert-OH is 1. The third-order valence-electron chi connectivity index (χ3n) is 4.01. The fraction of sp³-hybridized carbons (Fsp3) is 0.0909. The Bertz CT molecular complexity index is 996. The molecule has 0 aliphatic carbocycles. The summed E-state index contributed by atoms with van der Waals surface area (Å²) in [5, 5.41) is 14.1. The summed E-state index contributed by atoms with van der Waals surface area (Å²) in [5.41, 5.74) is 4.56. The number of benzene rings is 3. The smallest absolute Gasteiger partial charge is 0.273 e. The minimum atomic E-state index is -1.30. The van der Waals surface area contributed by atoms with Gasteiger partial charge in [0, 0.05) is 10.0 Å². The summed E-state index contributed by atoms with van der Waals surface area (Å²) < 4.78 is 7.54. The molecule has 3 aromatic rings. The van der Waals surface area contributed by atoms with E-state index in [0.29, 0.717) is 23.5 Å². The molecule has 3 rings (SSSR count). The first-order valence-corrected chi connectivity index (χ1v) is 10.3. The molecule has 0 spiro atoms. The number of hydrazone groups is 1. The molecule has 2 N–H and O–H groups in total. The van der Waals surface area contributed by atoms with Crippen LogP contribution >= 0.6 is 31.9 Å². The van der Waals surface area contributed by atoms with E-state index >= 15 is 0 Å². The molecule has 1 unspecified atom stereocenters. The van der Waals surface area contributed by atoms with Gasteiger partial charge in [-0.15, -0.1) is 0 Å². The van der Waals surface area contributed by atoms with Crippen molar-refractivity contribution in [3.63, 3.8) is 0 Å². The van der Waals surface area contributed by atoms with Crippen molar-refractivity contribution in [2.24, 2.45) is 5.10 Å². The van der Waals surface area contributed by atoms with Gasteiger partial charge in [0.2, 0.25) is 0 Å². The van der Waals surface area contributed by atoms with Gasteiger partial charge in [-0.3, -0.25) is 4.79 Å². The van der Waals surface area contributed by atoms with Gasteiger partial charge in [-0.2, -0.15) is 5.10 Å².